The molecule has 1 aliphatic rings. The van der Waals surface area contributed by atoms with Crippen molar-refractivity contribution in [1.29, 1.82) is 0 Å². The molecular formula is C19H29N3O2. The minimum absolute atomic E-state index is 0.0529. The fourth-order valence-electron chi connectivity index (χ4n) is 3.10. The summed E-state index contributed by atoms with van der Waals surface area (Å²) in [6.07, 6.45) is 1.55. The van der Waals surface area contributed by atoms with Gasteiger partial charge < -0.3 is 15.1 Å². The van der Waals surface area contributed by atoms with Gasteiger partial charge in [-0.15, -0.1) is 0 Å². The van der Waals surface area contributed by atoms with E-state index in [0.717, 1.165) is 25.2 Å². The van der Waals surface area contributed by atoms with E-state index < -0.39 is 0 Å². The molecule has 0 aliphatic carbocycles. The molecule has 2 rings (SSSR count). The maximum atomic E-state index is 12.3. The largest absolute Gasteiger partial charge is 0.374 e. The second-order valence-corrected chi connectivity index (χ2v) is 7.14. The number of hydrogen-bond acceptors (Lipinski definition) is 3. The van der Waals surface area contributed by atoms with Gasteiger partial charge in [0.05, 0.1) is 0 Å². The van der Waals surface area contributed by atoms with Crippen LogP contribution in [0.1, 0.15) is 44.0 Å². The molecule has 0 unspecified atom stereocenters. The molecular weight excluding hydrogens is 302 g/mol. The highest BCUT2D eigenvalue weighted by Crippen LogP contribution is 2.15. The number of nitrogens with zero attached hydrogens (tertiary/aromatic N) is 2. The zero-order chi connectivity index (χ0) is 17.7. The summed E-state index contributed by atoms with van der Waals surface area (Å²) in [6, 6.07) is 7.62. The number of likely N-dealkylation sites (tertiary alicyclic amines) is 1. The van der Waals surface area contributed by atoms with Gasteiger partial charge in [0.25, 0.3) is 5.91 Å². The topological polar surface area (TPSA) is 52.7 Å². The molecule has 1 aromatic rings. The van der Waals surface area contributed by atoms with Crippen LogP contribution in [-0.2, 0) is 4.79 Å². The van der Waals surface area contributed by atoms with Gasteiger partial charge in [-0.25, -0.2) is 0 Å². The van der Waals surface area contributed by atoms with Gasteiger partial charge in [-0.2, -0.15) is 0 Å². The summed E-state index contributed by atoms with van der Waals surface area (Å²) < 4.78 is 0. The van der Waals surface area contributed by atoms with Crippen molar-refractivity contribution in [2.24, 2.45) is 5.92 Å². The first-order valence-corrected chi connectivity index (χ1v) is 8.76. The van der Waals surface area contributed by atoms with E-state index in [1.165, 1.54) is 0 Å². The summed E-state index contributed by atoms with van der Waals surface area (Å²) in [5, 5.41) is 2.98. The third kappa shape index (κ3) is 4.98. The van der Waals surface area contributed by atoms with Gasteiger partial charge in [0.1, 0.15) is 0 Å². The van der Waals surface area contributed by atoms with Crippen molar-refractivity contribution in [2.75, 3.05) is 31.6 Å². The van der Waals surface area contributed by atoms with Crippen molar-refractivity contribution in [2.45, 2.75) is 39.7 Å². The van der Waals surface area contributed by atoms with Crippen LogP contribution in [0.2, 0.25) is 0 Å². The van der Waals surface area contributed by atoms with Crippen LogP contribution in [0.4, 0.5) is 5.69 Å². The standard InChI is InChI=1S/C19H29N3O2/c1-14(2)12-21(4)17-9-7-16(8-10-17)19(24)20-15(3)13-22-11-5-6-18(22)23/h7-10,14-15H,5-6,11-13H2,1-4H3,(H,20,24)/t15-/m0/s1. The quantitative estimate of drug-likeness (QED) is 0.835. The molecule has 1 aliphatic heterocycles. The third-order valence-electron chi connectivity index (χ3n) is 4.25. The normalized spacial score (nSPS) is 15.7. The van der Waals surface area contributed by atoms with Crippen LogP contribution in [0.3, 0.4) is 0 Å². The Morgan fingerprint density at radius 3 is 2.46 bits per heavy atom. The second kappa shape index (κ2) is 8.18. The monoisotopic (exact) mass is 331 g/mol. The Morgan fingerprint density at radius 2 is 1.92 bits per heavy atom. The number of rotatable bonds is 7. The summed E-state index contributed by atoms with van der Waals surface area (Å²) in [7, 11) is 2.06. The van der Waals surface area contributed by atoms with E-state index in [2.05, 4.69) is 31.1 Å². The van der Waals surface area contributed by atoms with E-state index in [9.17, 15) is 9.59 Å². The molecule has 1 aromatic carbocycles. The number of hydrogen-bond donors (Lipinski definition) is 1. The highest BCUT2D eigenvalue weighted by atomic mass is 16.2. The number of benzene rings is 1. The van der Waals surface area contributed by atoms with Crippen LogP contribution in [0.15, 0.2) is 24.3 Å². The Labute approximate surface area is 145 Å². The molecule has 1 fully saturated rings. The smallest absolute Gasteiger partial charge is 0.251 e. The molecule has 0 saturated carbocycles. The molecule has 24 heavy (non-hydrogen) atoms. The van der Waals surface area contributed by atoms with Crippen molar-refractivity contribution in [3.8, 4) is 0 Å². The molecule has 0 spiro atoms. The van der Waals surface area contributed by atoms with E-state index in [4.69, 9.17) is 0 Å². The molecule has 1 saturated heterocycles. The Hall–Kier alpha value is -2.04. The third-order valence-corrected chi connectivity index (χ3v) is 4.25. The average Bonchev–Trinajstić information content (AvgIpc) is 2.91. The maximum Gasteiger partial charge on any atom is 0.251 e. The number of carbonyl (C=O) groups is 2. The highest BCUT2D eigenvalue weighted by molar-refractivity contribution is 5.94. The molecule has 5 nitrogen and oxygen atoms in total. The van der Waals surface area contributed by atoms with Crippen molar-refractivity contribution in [1.82, 2.24) is 10.2 Å². The van der Waals surface area contributed by atoms with Crippen LogP contribution in [0.25, 0.3) is 0 Å². The lowest BCUT2D eigenvalue weighted by molar-refractivity contribution is -0.127. The lowest BCUT2D eigenvalue weighted by atomic mass is 10.1. The zero-order valence-electron chi connectivity index (χ0n) is 15.2. The predicted molar refractivity (Wildman–Crippen MR) is 97.3 cm³/mol. The first-order valence-electron chi connectivity index (χ1n) is 8.76. The highest BCUT2D eigenvalue weighted by Gasteiger charge is 2.22. The van der Waals surface area contributed by atoms with Crippen LogP contribution < -0.4 is 10.2 Å². The summed E-state index contributed by atoms with van der Waals surface area (Å²) in [4.78, 5) is 28.0. The van der Waals surface area contributed by atoms with E-state index in [0.29, 0.717) is 24.4 Å². The second-order valence-electron chi connectivity index (χ2n) is 7.14. The van der Waals surface area contributed by atoms with E-state index in [1.54, 1.807) is 0 Å². The lowest BCUT2D eigenvalue weighted by Crippen LogP contribution is -2.42. The van der Waals surface area contributed by atoms with Gasteiger partial charge in [-0.05, 0) is 43.5 Å². The zero-order valence-corrected chi connectivity index (χ0v) is 15.2. The summed E-state index contributed by atoms with van der Waals surface area (Å²) >= 11 is 0. The number of amides is 2. The molecule has 132 valence electrons. The van der Waals surface area contributed by atoms with E-state index in [-0.39, 0.29) is 17.9 Å². The Kier molecular flexibility index (Phi) is 6.23. The SMILES string of the molecule is CC(C)CN(C)c1ccc(C(=O)N[C@@H](C)CN2CCCC2=O)cc1. The molecule has 0 radical (unpaired) electrons. The molecule has 1 atom stereocenters. The van der Waals surface area contributed by atoms with Gasteiger partial charge in [0.2, 0.25) is 5.91 Å². The Balaban J connectivity index is 1.88. The minimum Gasteiger partial charge on any atom is -0.374 e. The van der Waals surface area contributed by atoms with Gasteiger partial charge >= 0.3 is 0 Å². The average molecular weight is 331 g/mol. The van der Waals surface area contributed by atoms with Crippen molar-refractivity contribution in [3.05, 3.63) is 29.8 Å². The summed E-state index contributed by atoms with van der Waals surface area (Å²) in [5.74, 6) is 0.688. The van der Waals surface area contributed by atoms with Crippen molar-refractivity contribution in [3.63, 3.8) is 0 Å². The van der Waals surface area contributed by atoms with Gasteiger partial charge in [0.15, 0.2) is 0 Å². The predicted octanol–water partition coefficient (Wildman–Crippen LogP) is 2.52. The first kappa shape index (κ1) is 18.3. The maximum absolute atomic E-state index is 12.3. The number of nitrogens with one attached hydrogen (secondary N) is 1. The van der Waals surface area contributed by atoms with Crippen LogP contribution in [-0.4, -0.2) is 49.4 Å². The number of anilines is 1. The molecule has 2 amide bonds. The number of carbonyl (C=O) groups excluding carboxylic acids is 2. The lowest BCUT2D eigenvalue weighted by Gasteiger charge is -2.23. The van der Waals surface area contributed by atoms with Gasteiger partial charge in [0, 0.05) is 50.4 Å². The van der Waals surface area contributed by atoms with Gasteiger partial charge in [-0.1, -0.05) is 13.8 Å². The summed E-state index contributed by atoms with van der Waals surface area (Å²) in [6.45, 7) is 8.67. The minimum atomic E-state index is -0.0905. The van der Waals surface area contributed by atoms with E-state index >= 15 is 0 Å². The molecule has 0 bridgehead atoms. The Morgan fingerprint density at radius 1 is 1.25 bits per heavy atom. The molecule has 0 aromatic heterocycles. The Bertz CT molecular complexity index is 568. The van der Waals surface area contributed by atoms with Crippen LogP contribution in [0, 0.1) is 5.92 Å². The van der Waals surface area contributed by atoms with Gasteiger partial charge in [-0.3, -0.25) is 9.59 Å². The fraction of sp³-hybridized carbons (Fsp3) is 0.579. The molecule has 1 N–H and O–H groups in total. The fourth-order valence-corrected chi connectivity index (χ4v) is 3.10. The molecule has 5 heteroatoms. The van der Waals surface area contributed by atoms with Crippen LogP contribution >= 0.6 is 0 Å². The van der Waals surface area contributed by atoms with Crippen molar-refractivity contribution >= 4 is 17.5 Å². The molecule has 1 heterocycles. The first-order chi connectivity index (χ1) is 11.4. The van der Waals surface area contributed by atoms with Crippen LogP contribution in [0.5, 0.6) is 0 Å². The summed E-state index contributed by atoms with van der Waals surface area (Å²) in [5.41, 5.74) is 1.76. The van der Waals surface area contributed by atoms with Crippen molar-refractivity contribution < 1.29 is 9.59 Å². The van der Waals surface area contributed by atoms with E-state index in [1.807, 2.05) is 36.1 Å².